The average Bonchev–Trinajstić information content (AvgIpc) is 2.58. The molecule has 1 aromatic heterocycles. The summed E-state index contributed by atoms with van der Waals surface area (Å²) in [6, 6.07) is 8.35. The SMILES string of the molecule is Cc1nc(C)c(Cc2ccccc2C)c(N2CCN(S(C)(=O)=O)CC2)n1. The van der Waals surface area contributed by atoms with Crippen LogP contribution in [0.2, 0.25) is 0 Å². The smallest absolute Gasteiger partial charge is 0.211 e. The molecule has 1 fully saturated rings. The van der Waals surface area contributed by atoms with Gasteiger partial charge >= 0.3 is 0 Å². The summed E-state index contributed by atoms with van der Waals surface area (Å²) >= 11 is 0. The molecule has 140 valence electrons. The Bertz CT molecular complexity index is 904. The Morgan fingerprint density at radius 3 is 2.27 bits per heavy atom. The fourth-order valence-corrected chi connectivity index (χ4v) is 4.24. The maximum Gasteiger partial charge on any atom is 0.211 e. The molecule has 0 spiro atoms. The van der Waals surface area contributed by atoms with E-state index in [1.165, 1.54) is 21.7 Å². The van der Waals surface area contributed by atoms with Gasteiger partial charge in [-0.05, 0) is 31.9 Å². The number of rotatable bonds is 4. The quantitative estimate of drug-likeness (QED) is 0.820. The minimum absolute atomic E-state index is 0.491. The lowest BCUT2D eigenvalue weighted by molar-refractivity contribution is 0.386. The van der Waals surface area contributed by atoms with Gasteiger partial charge in [-0.3, -0.25) is 0 Å². The summed E-state index contributed by atoms with van der Waals surface area (Å²) in [6.07, 6.45) is 2.05. The molecular weight excluding hydrogens is 348 g/mol. The average molecular weight is 375 g/mol. The van der Waals surface area contributed by atoms with Crippen molar-refractivity contribution in [1.82, 2.24) is 14.3 Å². The Morgan fingerprint density at radius 2 is 1.65 bits per heavy atom. The fourth-order valence-electron chi connectivity index (χ4n) is 3.42. The molecule has 2 aromatic rings. The molecule has 26 heavy (non-hydrogen) atoms. The van der Waals surface area contributed by atoms with E-state index in [0.29, 0.717) is 26.2 Å². The standard InChI is InChI=1S/C19H26N4O2S/c1-14-7-5-6-8-17(14)13-18-15(2)20-16(3)21-19(18)22-9-11-23(12-10-22)26(4,24)25/h5-8H,9-13H2,1-4H3. The van der Waals surface area contributed by atoms with Gasteiger partial charge in [-0.1, -0.05) is 24.3 Å². The van der Waals surface area contributed by atoms with Gasteiger partial charge in [-0.25, -0.2) is 18.4 Å². The summed E-state index contributed by atoms with van der Waals surface area (Å²) in [5.74, 6) is 1.68. The molecule has 7 heteroatoms. The van der Waals surface area contributed by atoms with Crippen LogP contribution in [0, 0.1) is 20.8 Å². The Hall–Kier alpha value is -1.99. The maximum atomic E-state index is 11.8. The lowest BCUT2D eigenvalue weighted by Gasteiger charge is -2.35. The molecule has 1 aliphatic heterocycles. The molecule has 6 nitrogen and oxygen atoms in total. The first-order chi connectivity index (χ1) is 12.3. The molecule has 0 aliphatic carbocycles. The summed E-state index contributed by atoms with van der Waals surface area (Å²) in [7, 11) is -3.14. The number of benzene rings is 1. The van der Waals surface area contributed by atoms with Crippen LogP contribution in [0.5, 0.6) is 0 Å². The van der Waals surface area contributed by atoms with Crippen molar-refractivity contribution in [2.24, 2.45) is 0 Å². The van der Waals surface area contributed by atoms with Gasteiger partial charge in [0.2, 0.25) is 10.0 Å². The molecule has 3 rings (SSSR count). The molecule has 0 bridgehead atoms. The van der Waals surface area contributed by atoms with Crippen LogP contribution in [0.4, 0.5) is 5.82 Å². The second kappa shape index (κ2) is 7.32. The van der Waals surface area contributed by atoms with Crippen molar-refractivity contribution in [3.63, 3.8) is 0 Å². The number of hydrogen-bond donors (Lipinski definition) is 0. The molecule has 1 aliphatic rings. The highest BCUT2D eigenvalue weighted by Gasteiger charge is 2.26. The second-order valence-corrected chi connectivity index (χ2v) is 8.89. The zero-order valence-electron chi connectivity index (χ0n) is 15.9. The molecule has 0 N–H and O–H groups in total. The van der Waals surface area contributed by atoms with Gasteiger partial charge < -0.3 is 4.90 Å². The normalized spacial score (nSPS) is 16.1. The van der Waals surface area contributed by atoms with Crippen LogP contribution >= 0.6 is 0 Å². The van der Waals surface area contributed by atoms with Crippen molar-refractivity contribution in [3.8, 4) is 0 Å². The molecule has 0 unspecified atom stereocenters. The first-order valence-corrected chi connectivity index (χ1v) is 10.7. The van der Waals surface area contributed by atoms with Gasteiger partial charge in [-0.15, -0.1) is 0 Å². The second-order valence-electron chi connectivity index (χ2n) is 6.91. The summed E-state index contributed by atoms with van der Waals surface area (Å²) < 4.78 is 25.1. The molecule has 1 saturated heterocycles. The zero-order chi connectivity index (χ0) is 18.9. The Morgan fingerprint density at radius 1 is 1.00 bits per heavy atom. The third kappa shape index (κ3) is 4.04. The van der Waals surface area contributed by atoms with E-state index in [2.05, 4.69) is 35.0 Å². The molecule has 0 atom stereocenters. The van der Waals surface area contributed by atoms with Crippen LogP contribution in [0.1, 0.15) is 28.2 Å². The Labute approximate surface area is 155 Å². The summed E-state index contributed by atoms with van der Waals surface area (Å²) in [6.45, 7) is 8.31. The number of aromatic nitrogens is 2. The molecule has 0 amide bonds. The van der Waals surface area contributed by atoms with Crippen molar-refractivity contribution in [2.45, 2.75) is 27.2 Å². The largest absolute Gasteiger partial charge is 0.354 e. The predicted octanol–water partition coefficient (Wildman–Crippen LogP) is 2.07. The highest BCUT2D eigenvalue weighted by Crippen LogP contribution is 2.26. The summed E-state index contributed by atoms with van der Waals surface area (Å²) in [5.41, 5.74) is 4.62. The number of aryl methyl sites for hydroxylation is 3. The van der Waals surface area contributed by atoms with Crippen LogP contribution in [0.25, 0.3) is 0 Å². The Balaban J connectivity index is 1.91. The van der Waals surface area contributed by atoms with E-state index in [1.807, 2.05) is 19.9 Å². The van der Waals surface area contributed by atoms with Crippen molar-refractivity contribution in [3.05, 3.63) is 52.5 Å². The lowest BCUT2D eigenvalue weighted by Crippen LogP contribution is -2.49. The fraction of sp³-hybridized carbons (Fsp3) is 0.474. The number of nitrogens with zero attached hydrogens (tertiary/aromatic N) is 4. The first kappa shape index (κ1) is 18.8. The minimum atomic E-state index is -3.14. The molecular formula is C19H26N4O2S. The van der Waals surface area contributed by atoms with E-state index >= 15 is 0 Å². The predicted molar refractivity (Wildman–Crippen MR) is 104 cm³/mol. The van der Waals surface area contributed by atoms with E-state index in [9.17, 15) is 8.42 Å². The van der Waals surface area contributed by atoms with Crippen LogP contribution in [-0.4, -0.2) is 55.1 Å². The number of sulfonamides is 1. The maximum absolute atomic E-state index is 11.8. The first-order valence-electron chi connectivity index (χ1n) is 8.84. The van der Waals surface area contributed by atoms with E-state index < -0.39 is 10.0 Å². The summed E-state index contributed by atoms with van der Waals surface area (Å²) in [5, 5.41) is 0. The van der Waals surface area contributed by atoms with Gasteiger partial charge in [0, 0.05) is 43.9 Å². The highest BCUT2D eigenvalue weighted by atomic mass is 32.2. The number of hydrogen-bond acceptors (Lipinski definition) is 5. The van der Waals surface area contributed by atoms with E-state index in [4.69, 9.17) is 4.98 Å². The molecule has 2 heterocycles. The highest BCUT2D eigenvalue weighted by molar-refractivity contribution is 7.88. The van der Waals surface area contributed by atoms with E-state index in [1.54, 1.807) is 0 Å². The monoisotopic (exact) mass is 374 g/mol. The van der Waals surface area contributed by atoms with E-state index in [0.717, 1.165) is 29.3 Å². The molecule has 1 aromatic carbocycles. The lowest BCUT2D eigenvalue weighted by atomic mass is 9.99. The van der Waals surface area contributed by atoms with E-state index in [-0.39, 0.29) is 0 Å². The van der Waals surface area contributed by atoms with Gasteiger partial charge in [0.25, 0.3) is 0 Å². The van der Waals surface area contributed by atoms with Crippen molar-refractivity contribution in [1.29, 1.82) is 0 Å². The van der Waals surface area contributed by atoms with Gasteiger partial charge in [-0.2, -0.15) is 4.31 Å². The molecule has 0 saturated carbocycles. The molecule has 0 radical (unpaired) electrons. The van der Waals surface area contributed by atoms with Gasteiger partial charge in [0.05, 0.1) is 6.26 Å². The number of anilines is 1. The minimum Gasteiger partial charge on any atom is -0.354 e. The van der Waals surface area contributed by atoms with Crippen LogP contribution in [0.15, 0.2) is 24.3 Å². The van der Waals surface area contributed by atoms with Gasteiger partial charge in [0.15, 0.2) is 0 Å². The third-order valence-electron chi connectivity index (χ3n) is 4.94. The summed E-state index contributed by atoms with van der Waals surface area (Å²) in [4.78, 5) is 11.5. The van der Waals surface area contributed by atoms with Crippen LogP contribution in [-0.2, 0) is 16.4 Å². The zero-order valence-corrected chi connectivity index (χ0v) is 16.7. The third-order valence-corrected chi connectivity index (χ3v) is 6.24. The number of piperazine rings is 1. The van der Waals surface area contributed by atoms with Crippen LogP contribution in [0.3, 0.4) is 0 Å². The van der Waals surface area contributed by atoms with Crippen molar-refractivity contribution < 1.29 is 8.42 Å². The Kier molecular flexibility index (Phi) is 5.29. The topological polar surface area (TPSA) is 66.4 Å². The van der Waals surface area contributed by atoms with Gasteiger partial charge in [0.1, 0.15) is 11.6 Å². The van der Waals surface area contributed by atoms with Crippen molar-refractivity contribution >= 4 is 15.8 Å². The van der Waals surface area contributed by atoms with Crippen LogP contribution < -0.4 is 4.90 Å². The van der Waals surface area contributed by atoms with Crippen molar-refractivity contribution in [2.75, 3.05) is 37.3 Å².